The number of aromatic nitrogens is 4. The van der Waals surface area contributed by atoms with Crippen LogP contribution in [0.3, 0.4) is 0 Å². The standard InChI is InChI=1S/C17H14N4O/c1-22-17-8-13(12-5-3-2-4-6-12)7-16-18-11-15(21(16)17)14-9-19-20-10-14/h2-11H,1H3,(H,19,20). The van der Waals surface area contributed by atoms with Crippen molar-refractivity contribution in [3.63, 3.8) is 0 Å². The lowest BCUT2D eigenvalue weighted by Gasteiger charge is -2.10. The molecule has 5 heteroatoms. The Labute approximate surface area is 127 Å². The van der Waals surface area contributed by atoms with Crippen LogP contribution in [0.25, 0.3) is 28.0 Å². The molecule has 0 spiro atoms. The summed E-state index contributed by atoms with van der Waals surface area (Å²) < 4.78 is 7.56. The summed E-state index contributed by atoms with van der Waals surface area (Å²) in [5, 5.41) is 6.82. The Morgan fingerprint density at radius 1 is 1.00 bits per heavy atom. The molecule has 0 aliphatic carbocycles. The number of fused-ring (bicyclic) bond motifs is 1. The molecule has 0 bridgehead atoms. The largest absolute Gasteiger partial charge is 0.482 e. The lowest BCUT2D eigenvalue weighted by atomic mass is 10.1. The molecule has 22 heavy (non-hydrogen) atoms. The fraction of sp³-hybridized carbons (Fsp3) is 0.0588. The van der Waals surface area contributed by atoms with Crippen LogP contribution < -0.4 is 4.74 Å². The van der Waals surface area contributed by atoms with Crippen LogP contribution in [0.1, 0.15) is 0 Å². The van der Waals surface area contributed by atoms with E-state index in [0.717, 1.165) is 33.9 Å². The van der Waals surface area contributed by atoms with Gasteiger partial charge in [-0.25, -0.2) is 4.98 Å². The number of nitrogens with one attached hydrogen (secondary N) is 1. The van der Waals surface area contributed by atoms with Crippen LogP contribution in [0.4, 0.5) is 0 Å². The highest BCUT2D eigenvalue weighted by molar-refractivity contribution is 5.72. The minimum atomic E-state index is 0.741. The molecule has 3 heterocycles. The predicted molar refractivity (Wildman–Crippen MR) is 84.8 cm³/mol. The zero-order valence-corrected chi connectivity index (χ0v) is 12.0. The summed E-state index contributed by atoms with van der Waals surface area (Å²) in [5.74, 6) is 0.741. The molecule has 0 atom stereocenters. The zero-order valence-electron chi connectivity index (χ0n) is 12.0. The maximum atomic E-state index is 5.58. The number of H-pyrrole nitrogens is 1. The number of hydrogen-bond acceptors (Lipinski definition) is 3. The summed E-state index contributed by atoms with van der Waals surface area (Å²) in [6.45, 7) is 0. The van der Waals surface area contributed by atoms with Gasteiger partial charge in [-0.1, -0.05) is 30.3 Å². The van der Waals surface area contributed by atoms with Gasteiger partial charge in [-0.2, -0.15) is 5.10 Å². The smallest absolute Gasteiger partial charge is 0.200 e. The quantitative estimate of drug-likeness (QED) is 0.629. The monoisotopic (exact) mass is 290 g/mol. The molecule has 0 saturated carbocycles. The lowest BCUT2D eigenvalue weighted by molar-refractivity contribution is 0.393. The summed E-state index contributed by atoms with van der Waals surface area (Å²) in [7, 11) is 1.67. The van der Waals surface area contributed by atoms with E-state index in [1.54, 1.807) is 13.3 Å². The third-order valence-electron chi connectivity index (χ3n) is 3.68. The topological polar surface area (TPSA) is 55.2 Å². The molecule has 108 valence electrons. The van der Waals surface area contributed by atoms with E-state index in [0.29, 0.717) is 0 Å². The molecule has 3 aromatic heterocycles. The van der Waals surface area contributed by atoms with Gasteiger partial charge in [0.15, 0.2) is 5.88 Å². The van der Waals surface area contributed by atoms with Gasteiger partial charge >= 0.3 is 0 Å². The molecule has 0 unspecified atom stereocenters. The van der Waals surface area contributed by atoms with E-state index in [4.69, 9.17) is 4.74 Å². The van der Waals surface area contributed by atoms with Crippen LogP contribution in [-0.2, 0) is 0 Å². The van der Waals surface area contributed by atoms with Gasteiger partial charge in [0.05, 0.1) is 25.2 Å². The number of benzene rings is 1. The van der Waals surface area contributed by atoms with Crippen molar-refractivity contribution in [2.24, 2.45) is 0 Å². The lowest BCUT2D eigenvalue weighted by Crippen LogP contribution is -1.96. The first-order valence-electron chi connectivity index (χ1n) is 6.97. The van der Waals surface area contributed by atoms with Crippen molar-refractivity contribution in [1.82, 2.24) is 19.6 Å². The van der Waals surface area contributed by atoms with Crippen LogP contribution in [0.2, 0.25) is 0 Å². The average molecular weight is 290 g/mol. The molecule has 1 N–H and O–H groups in total. The molecule has 0 aliphatic heterocycles. The second-order valence-corrected chi connectivity index (χ2v) is 4.98. The van der Waals surface area contributed by atoms with Crippen molar-refractivity contribution in [3.8, 4) is 28.3 Å². The molecule has 0 fully saturated rings. The first-order valence-corrected chi connectivity index (χ1v) is 6.97. The third-order valence-corrected chi connectivity index (χ3v) is 3.68. The van der Waals surface area contributed by atoms with Crippen molar-refractivity contribution in [2.75, 3.05) is 7.11 Å². The number of methoxy groups -OCH3 is 1. The molecule has 1 aromatic carbocycles. The van der Waals surface area contributed by atoms with Crippen LogP contribution >= 0.6 is 0 Å². The van der Waals surface area contributed by atoms with Gasteiger partial charge in [0.2, 0.25) is 0 Å². The van der Waals surface area contributed by atoms with E-state index in [9.17, 15) is 0 Å². The third kappa shape index (κ3) is 1.95. The summed E-state index contributed by atoms with van der Waals surface area (Å²) in [4.78, 5) is 4.51. The highest BCUT2D eigenvalue weighted by atomic mass is 16.5. The van der Waals surface area contributed by atoms with Crippen LogP contribution in [0.15, 0.2) is 61.1 Å². The van der Waals surface area contributed by atoms with Gasteiger partial charge in [0.25, 0.3) is 0 Å². The van der Waals surface area contributed by atoms with Gasteiger partial charge < -0.3 is 4.74 Å². The summed E-state index contributed by atoms with van der Waals surface area (Å²) in [6, 6.07) is 14.3. The molecular formula is C17H14N4O. The normalized spacial score (nSPS) is 11.0. The van der Waals surface area contributed by atoms with E-state index >= 15 is 0 Å². The first-order chi connectivity index (χ1) is 10.9. The second-order valence-electron chi connectivity index (χ2n) is 4.98. The Balaban J connectivity index is 1.96. The minimum Gasteiger partial charge on any atom is -0.482 e. The van der Waals surface area contributed by atoms with Gasteiger partial charge in [0, 0.05) is 17.8 Å². The molecule has 0 amide bonds. The highest BCUT2D eigenvalue weighted by Gasteiger charge is 2.13. The predicted octanol–water partition coefficient (Wildman–Crippen LogP) is 3.40. The molecule has 0 saturated heterocycles. The number of pyridine rings is 1. The van der Waals surface area contributed by atoms with E-state index in [1.165, 1.54) is 0 Å². The van der Waals surface area contributed by atoms with Crippen molar-refractivity contribution in [1.29, 1.82) is 0 Å². The van der Waals surface area contributed by atoms with Gasteiger partial charge in [-0.3, -0.25) is 9.50 Å². The fourth-order valence-electron chi connectivity index (χ4n) is 2.62. The maximum absolute atomic E-state index is 5.58. The highest BCUT2D eigenvalue weighted by Crippen LogP contribution is 2.30. The number of hydrogen-bond donors (Lipinski definition) is 1. The SMILES string of the molecule is COc1cc(-c2ccccc2)cc2ncc(-c3cn[nH]c3)n12. The van der Waals surface area contributed by atoms with Crippen molar-refractivity contribution in [3.05, 3.63) is 61.1 Å². The Hall–Kier alpha value is -3.08. The number of ether oxygens (including phenoxy) is 1. The van der Waals surface area contributed by atoms with E-state index in [2.05, 4.69) is 33.4 Å². The average Bonchev–Trinajstić information content (AvgIpc) is 3.23. The molecule has 0 radical (unpaired) electrons. The number of rotatable bonds is 3. The molecule has 4 rings (SSSR count). The van der Waals surface area contributed by atoms with Crippen molar-refractivity contribution < 1.29 is 4.74 Å². The van der Waals surface area contributed by atoms with Gasteiger partial charge in [0.1, 0.15) is 5.65 Å². The zero-order chi connectivity index (χ0) is 14.9. The fourth-order valence-corrected chi connectivity index (χ4v) is 2.62. The first kappa shape index (κ1) is 12.6. The molecular weight excluding hydrogens is 276 g/mol. The van der Waals surface area contributed by atoms with Gasteiger partial charge in [-0.15, -0.1) is 0 Å². The number of nitrogens with zero attached hydrogens (tertiary/aromatic N) is 3. The van der Waals surface area contributed by atoms with Crippen molar-refractivity contribution in [2.45, 2.75) is 0 Å². The second kappa shape index (κ2) is 5.04. The van der Waals surface area contributed by atoms with Crippen LogP contribution in [0.5, 0.6) is 5.88 Å². The Bertz CT molecular complexity index is 911. The van der Waals surface area contributed by atoms with Crippen LogP contribution in [-0.4, -0.2) is 26.7 Å². The number of aromatic amines is 1. The molecule has 0 aliphatic rings. The van der Waals surface area contributed by atoms with E-state index < -0.39 is 0 Å². The van der Waals surface area contributed by atoms with E-state index in [-0.39, 0.29) is 0 Å². The van der Waals surface area contributed by atoms with Crippen LogP contribution in [0, 0.1) is 0 Å². The van der Waals surface area contributed by atoms with Gasteiger partial charge in [-0.05, 0) is 17.2 Å². The van der Waals surface area contributed by atoms with Crippen molar-refractivity contribution >= 4 is 5.65 Å². The Kier molecular flexibility index (Phi) is 2.89. The summed E-state index contributed by atoms with van der Waals surface area (Å²) in [6.07, 6.45) is 5.44. The number of imidazole rings is 1. The Morgan fingerprint density at radius 2 is 1.86 bits per heavy atom. The minimum absolute atomic E-state index is 0.741. The molecule has 4 aromatic rings. The molecule has 5 nitrogen and oxygen atoms in total. The summed E-state index contributed by atoms with van der Waals surface area (Å²) in [5.41, 5.74) is 4.97. The Morgan fingerprint density at radius 3 is 2.59 bits per heavy atom. The summed E-state index contributed by atoms with van der Waals surface area (Å²) >= 11 is 0. The maximum Gasteiger partial charge on any atom is 0.200 e. The van der Waals surface area contributed by atoms with E-state index in [1.807, 2.05) is 41.1 Å².